The van der Waals surface area contributed by atoms with Crippen LogP contribution in [0.3, 0.4) is 0 Å². The maximum Gasteiger partial charge on any atom is 0.326 e. The lowest BCUT2D eigenvalue weighted by Gasteiger charge is -2.24. The second kappa shape index (κ2) is 8.60. The number of hydrogen-bond acceptors (Lipinski definition) is 5. The van der Waals surface area contributed by atoms with Gasteiger partial charge in [0.15, 0.2) is 0 Å². The second-order valence-corrected chi connectivity index (χ2v) is 8.58. The van der Waals surface area contributed by atoms with Gasteiger partial charge in [0.25, 0.3) is 10.0 Å². The van der Waals surface area contributed by atoms with Gasteiger partial charge in [0, 0.05) is 4.90 Å². The molecule has 2 aromatic rings. The van der Waals surface area contributed by atoms with E-state index in [4.69, 9.17) is 4.74 Å². The van der Waals surface area contributed by atoms with Crippen molar-refractivity contribution in [2.45, 2.75) is 30.6 Å². The van der Waals surface area contributed by atoms with Crippen molar-refractivity contribution >= 4 is 33.4 Å². The summed E-state index contributed by atoms with van der Waals surface area (Å²) in [5.41, 5.74) is 2.29. The number of nitrogens with zero attached hydrogens (tertiary/aromatic N) is 1. The number of hydrogen-bond donors (Lipinski definition) is 0. The molecule has 0 saturated heterocycles. The van der Waals surface area contributed by atoms with E-state index in [2.05, 4.69) is 0 Å². The maximum absolute atomic E-state index is 13.2. The third-order valence-corrected chi connectivity index (χ3v) is 6.25. The van der Waals surface area contributed by atoms with Crippen LogP contribution in [0.4, 0.5) is 5.69 Å². The number of benzene rings is 2. The Labute approximate surface area is 159 Å². The minimum Gasteiger partial charge on any atom is -0.465 e. The van der Waals surface area contributed by atoms with Crippen LogP contribution in [-0.4, -0.2) is 33.8 Å². The third kappa shape index (κ3) is 4.80. The highest BCUT2D eigenvalue weighted by Gasteiger charge is 2.28. The van der Waals surface area contributed by atoms with Gasteiger partial charge in [-0.1, -0.05) is 6.07 Å². The summed E-state index contributed by atoms with van der Waals surface area (Å²) in [6, 6.07) is 12.1. The molecule has 2 rings (SSSR count). The number of sulfonamides is 1. The van der Waals surface area contributed by atoms with Crippen molar-refractivity contribution in [3.63, 3.8) is 0 Å². The maximum atomic E-state index is 13.2. The molecular weight excluding hydrogens is 370 g/mol. The van der Waals surface area contributed by atoms with Crippen molar-refractivity contribution in [3.8, 4) is 0 Å². The van der Waals surface area contributed by atoms with Gasteiger partial charge in [-0.2, -0.15) is 0 Å². The van der Waals surface area contributed by atoms with Crippen LogP contribution in [0.1, 0.15) is 18.1 Å². The van der Waals surface area contributed by atoms with Crippen molar-refractivity contribution in [1.82, 2.24) is 0 Å². The van der Waals surface area contributed by atoms with Crippen LogP contribution in [0.2, 0.25) is 0 Å². The molecule has 0 aliphatic carbocycles. The number of rotatable bonds is 7. The number of carbonyl (C=O) groups is 1. The molecule has 7 heteroatoms. The van der Waals surface area contributed by atoms with Crippen molar-refractivity contribution in [3.05, 3.63) is 53.6 Å². The Hall–Kier alpha value is -1.99. The molecule has 0 spiro atoms. The van der Waals surface area contributed by atoms with Crippen LogP contribution in [-0.2, 0) is 19.6 Å². The van der Waals surface area contributed by atoms with E-state index < -0.39 is 16.0 Å². The first-order valence-electron chi connectivity index (χ1n) is 8.18. The standard InChI is InChI=1S/C19H23NO4S2/c1-5-24-19(21)13-20(16-11-14(2)10-15(3)12-16)26(22,23)18-8-6-17(25-4)7-9-18/h6-12H,5,13H2,1-4H3. The third-order valence-electron chi connectivity index (χ3n) is 3.72. The Morgan fingerprint density at radius 1 is 1.08 bits per heavy atom. The zero-order valence-corrected chi connectivity index (χ0v) is 17.0. The first kappa shape index (κ1) is 20.3. The van der Waals surface area contributed by atoms with Gasteiger partial charge >= 0.3 is 5.97 Å². The van der Waals surface area contributed by atoms with E-state index >= 15 is 0 Å². The number of esters is 1. The zero-order valence-electron chi connectivity index (χ0n) is 15.4. The summed E-state index contributed by atoms with van der Waals surface area (Å²) < 4.78 is 32.5. The first-order valence-corrected chi connectivity index (χ1v) is 10.8. The topological polar surface area (TPSA) is 63.7 Å². The number of ether oxygens (including phenoxy) is 1. The largest absolute Gasteiger partial charge is 0.465 e. The lowest BCUT2D eigenvalue weighted by molar-refractivity contribution is -0.141. The summed E-state index contributed by atoms with van der Waals surface area (Å²) in [6.07, 6.45) is 1.92. The highest BCUT2D eigenvalue weighted by molar-refractivity contribution is 7.98. The summed E-state index contributed by atoms with van der Waals surface area (Å²) in [4.78, 5) is 13.1. The summed E-state index contributed by atoms with van der Waals surface area (Å²) in [6.45, 7) is 5.29. The highest BCUT2D eigenvalue weighted by atomic mass is 32.2. The van der Waals surface area contributed by atoms with Crippen LogP contribution in [0.15, 0.2) is 52.3 Å². The van der Waals surface area contributed by atoms with E-state index in [0.717, 1.165) is 20.3 Å². The van der Waals surface area contributed by atoms with Crippen LogP contribution in [0, 0.1) is 13.8 Å². The molecule has 0 atom stereocenters. The van der Waals surface area contributed by atoms with Crippen molar-refractivity contribution in [1.29, 1.82) is 0 Å². The number of carbonyl (C=O) groups excluding carboxylic acids is 1. The van der Waals surface area contributed by atoms with Gasteiger partial charge in [-0.05, 0) is 74.6 Å². The van der Waals surface area contributed by atoms with E-state index in [-0.39, 0.29) is 18.0 Å². The van der Waals surface area contributed by atoms with Crippen molar-refractivity contribution < 1.29 is 17.9 Å². The smallest absolute Gasteiger partial charge is 0.326 e. The van der Waals surface area contributed by atoms with Crippen molar-refractivity contribution in [2.75, 3.05) is 23.7 Å². The lowest BCUT2D eigenvalue weighted by atomic mass is 10.1. The van der Waals surface area contributed by atoms with E-state index in [0.29, 0.717) is 5.69 Å². The Morgan fingerprint density at radius 2 is 1.65 bits per heavy atom. The van der Waals surface area contributed by atoms with Gasteiger partial charge in [0.05, 0.1) is 17.2 Å². The Morgan fingerprint density at radius 3 is 2.15 bits per heavy atom. The Bertz CT molecular complexity index is 857. The van der Waals surface area contributed by atoms with Gasteiger partial charge < -0.3 is 4.74 Å². The lowest BCUT2D eigenvalue weighted by Crippen LogP contribution is -2.36. The van der Waals surface area contributed by atoms with E-state index in [9.17, 15) is 13.2 Å². The molecular formula is C19H23NO4S2. The molecule has 0 fully saturated rings. The minimum absolute atomic E-state index is 0.138. The molecule has 2 aromatic carbocycles. The van der Waals surface area contributed by atoms with Gasteiger partial charge in [-0.3, -0.25) is 9.10 Å². The summed E-state index contributed by atoms with van der Waals surface area (Å²) in [7, 11) is -3.90. The van der Waals surface area contributed by atoms with E-state index in [1.54, 1.807) is 43.3 Å². The fraction of sp³-hybridized carbons (Fsp3) is 0.316. The monoisotopic (exact) mass is 393 g/mol. The number of thioether (sulfide) groups is 1. The van der Waals surface area contributed by atoms with Gasteiger partial charge in [0.2, 0.25) is 0 Å². The van der Waals surface area contributed by atoms with Crippen LogP contribution in [0.5, 0.6) is 0 Å². The Balaban J connectivity index is 2.51. The molecule has 0 radical (unpaired) electrons. The molecule has 0 N–H and O–H groups in total. The normalized spacial score (nSPS) is 11.2. The predicted octanol–water partition coefficient (Wildman–Crippen LogP) is 3.78. The highest BCUT2D eigenvalue weighted by Crippen LogP contribution is 2.27. The Kier molecular flexibility index (Phi) is 6.72. The van der Waals surface area contributed by atoms with E-state index in [1.165, 1.54) is 11.8 Å². The zero-order chi connectivity index (χ0) is 19.3. The summed E-state index contributed by atoms with van der Waals surface area (Å²) in [5, 5.41) is 0. The van der Waals surface area contributed by atoms with Gasteiger partial charge in [-0.25, -0.2) is 8.42 Å². The fourth-order valence-corrected chi connectivity index (χ4v) is 4.41. The second-order valence-electron chi connectivity index (χ2n) is 5.84. The molecule has 140 valence electrons. The van der Waals surface area contributed by atoms with Gasteiger partial charge in [-0.15, -0.1) is 11.8 Å². The molecule has 5 nitrogen and oxygen atoms in total. The predicted molar refractivity (Wildman–Crippen MR) is 105 cm³/mol. The minimum atomic E-state index is -3.90. The number of aryl methyl sites for hydroxylation is 2. The summed E-state index contributed by atoms with van der Waals surface area (Å²) >= 11 is 1.53. The van der Waals surface area contributed by atoms with Gasteiger partial charge in [0.1, 0.15) is 6.54 Å². The molecule has 0 amide bonds. The molecule has 0 unspecified atom stereocenters. The molecule has 0 heterocycles. The molecule has 26 heavy (non-hydrogen) atoms. The fourth-order valence-electron chi connectivity index (χ4n) is 2.61. The van der Waals surface area contributed by atoms with Crippen molar-refractivity contribution in [2.24, 2.45) is 0 Å². The van der Waals surface area contributed by atoms with Crippen LogP contribution in [0.25, 0.3) is 0 Å². The van der Waals surface area contributed by atoms with Crippen LogP contribution < -0.4 is 4.31 Å². The summed E-state index contributed by atoms with van der Waals surface area (Å²) in [5.74, 6) is -0.587. The van der Waals surface area contributed by atoms with Crippen LogP contribution >= 0.6 is 11.8 Å². The first-order chi connectivity index (χ1) is 12.3. The molecule has 0 bridgehead atoms. The quantitative estimate of drug-likeness (QED) is 0.529. The average molecular weight is 394 g/mol. The SMILES string of the molecule is CCOC(=O)CN(c1cc(C)cc(C)c1)S(=O)(=O)c1ccc(SC)cc1. The molecule has 0 aliphatic rings. The molecule has 0 aliphatic heterocycles. The molecule has 0 saturated carbocycles. The molecule has 0 aromatic heterocycles. The number of anilines is 1. The average Bonchev–Trinajstić information content (AvgIpc) is 2.59. The van der Waals surface area contributed by atoms with E-state index in [1.807, 2.05) is 26.2 Å².